The van der Waals surface area contributed by atoms with Crippen LogP contribution < -0.4 is 11.2 Å². The van der Waals surface area contributed by atoms with Crippen molar-refractivity contribution in [2.75, 3.05) is 0 Å². The van der Waals surface area contributed by atoms with Crippen LogP contribution >= 0.6 is 0 Å². The van der Waals surface area contributed by atoms with Gasteiger partial charge >= 0.3 is 5.69 Å². The Kier molecular flexibility index (Phi) is 4.42. The van der Waals surface area contributed by atoms with Crippen LogP contribution in [0.4, 0.5) is 0 Å². The van der Waals surface area contributed by atoms with E-state index in [0.717, 1.165) is 25.7 Å². The van der Waals surface area contributed by atoms with Gasteiger partial charge in [-0.2, -0.15) is 0 Å². The molecule has 6 nitrogen and oxygen atoms in total. The minimum Gasteiger partial charge on any atom is -0.322 e. The molecular weight excluding hydrogens is 258 g/mol. The molecule has 1 aromatic rings. The maximum atomic E-state index is 11.8. The van der Waals surface area contributed by atoms with E-state index in [4.69, 9.17) is 0 Å². The maximum Gasteiger partial charge on any atom is 0.329 e. The van der Waals surface area contributed by atoms with Gasteiger partial charge in [0, 0.05) is 24.7 Å². The molecule has 0 bridgehead atoms. The largest absolute Gasteiger partial charge is 0.329 e. The maximum absolute atomic E-state index is 11.8. The first kappa shape index (κ1) is 14.6. The number of aromatic nitrogens is 2. The molecule has 20 heavy (non-hydrogen) atoms. The van der Waals surface area contributed by atoms with E-state index in [-0.39, 0.29) is 24.2 Å². The van der Waals surface area contributed by atoms with Gasteiger partial charge in [-0.1, -0.05) is 19.3 Å². The summed E-state index contributed by atoms with van der Waals surface area (Å²) in [5.74, 6) is -0.0346. The zero-order chi connectivity index (χ0) is 14.7. The Balaban J connectivity index is 2.24. The zero-order valence-electron chi connectivity index (χ0n) is 12.0. The zero-order valence-corrected chi connectivity index (χ0v) is 12.0. The Morgan fingerprint density at radius 3 is 2.60 bits per heavy atom. The highest BCUT2D eigenvalue weighted by molar-refractivity contribution is 5.73. The van der Waals surface area contributed by atoms with Crippen LogP contribution in [-0.2, 0) is 11.5 Å². The Morgan fingerprint density at radius 2 is 2.00 bits per heavy atom. The standard InChI is InChI=1S/C14H21N3O3/c1-10-8-16(14(20)15-13(10)19)9-17(11(2)18)12-6-4-3-5-7-12/h8,12H,3-7,9H2,1-2H3,(H,15,19,20). The molecular formula is C14H21N3O3. The van der Waals surface area contributed by atoms with Gasteiger partial charge in [0.05, 0.1) is 0 Å². The second-order valence-corrected chi connectivity index (χ2v) is 5.46. The normalized spacial score (nSPS) is 16.1. The van der Waals surface area contributed by atoms with E-state index < -0.39 is 5.69 Å². The molecule has 2 rings (SSSR count). The van der Waals surface area contributed by atoms with Crippen molar-refractivity contribution in [2.45, 2.75) is 58.7 Å². The Morgan fingerprint density at radius 1 is 1.35 bits per heavy atom. The molecule has 1 fully saturated rings. The number of carbonyl (C=O) groups is 1. The monoisotopic (exact) mass is 279 g/mol. The van der Waals surface area contributed by atoms with Gasteiger partial charge in [0.15, 0.2) is 0 Å². The number of aryl methyl sites for hydroxylation is 1. The third-order valence-electron chi connectivity index (χ3n) is 3.91. The predicted molar refractivity (Wildman–Crippen MR) is 75.5 cm³/mol. The van der Waals surface area contributed by atoms with Crippen molar-refractivity contribution in [2.24, 2.45) is 0 Å². The van der Waals surface area contributed by atoms with E-state index in [9.17, 15) is 14.4 Å². The van der Waals surface area contributed by atoms with Crippen LogP contribution in [0.2, 0.25) is 0 Å². The van der Waals surface area contributed by atoms with Crippen LogP contribution in [-0.4, -0.2) is 26.4 Å². The van der Waals surface area contributed by atoms with Gasteiger partial charge in [0.2, 0.25) is 5.91 Å². The quantitative estimate of drug-likeness (QED) is 0.896. The summed E-state index contributed by atoms with van der Waals surface area (Å²) in [7, 11) is 0. The number of nitrogens with one attached hydrogen (secondary N) is 1. The van der Waals surface area contributed by atoms with Crippen molar-refractivity contribution in [3.05, 3.63) is 32.6 Å². The molecule has 1 aliphatic carbocycles. The number of carbonyl (C=O) groups excluding carboxylic acids is 1. The fourth-order valence-electron chi connectivity index (χ4n) is 2.75. The average molecular weight is 279 g/mol. The second kappa shape index (κ2) is 6.07. The Bertz CT molecular complexity index is 596. The smallest absolute Gasteiger partial charge is 0.322 e. The summed E-state index contributed by atoms with van der Waals surface area (Å²) in [4.78, 5) is 39.0. The minimum absolute atomic E-state index is 0.0346. The number of nitrogens with zero attached hydrogens (tertiary/aromatic N) is 2. The van der Waals surface area contributed by atoms with Gasteiger partial charge in [-0.05, 0) is 19.8 Å². The van der Waals surface area contributed by atoms with Crippen LogP contribution in [0.5, 0.6) is 0 Å². The molecule has 1 aliphatic rings. The van der Waals surface area contributed by atoms with Crippen LogP contribution in [0.15, 0.2) is 15.8 Å². The molecule has 0 atom stereocenters. The Labute approximate surface area is 117 Å². The summed E-state index contributed by atoms with van der Waals surface area (Å²) in [6.45, 7) is 3.38. The van der Waals surface area contributed by atoms with Crippen molar-refractivity contribution < 1.29 is 4.79 Å². The van der Waals surface area contributed by atoms with Crippen molar-refractivity contribution in [1.82, 2.24) is 14.5 Å². The minimum atomic E-state index is -0.470. The van der Waals surface area contributed by atoms with Crippen molar-refractivity contribution >= 4 is 5.91 Å². The highest BCUT2D eigenvalue weighted by atomic mass is 16.2. The van der Waals surface area contributed by atoms with Gasteiger partial charge in [-0.3, -0.25) is 19.1 Å². The fraction of sp³-hybridized carbons (Fsp3) is 0.643. The topological polar surface area (TPSA) is 75.2 Å². The number of aromatic amines is 1. The number of rotatable bonds is 3. The third-order valence-corrected chi connectivity index (χ3v) is 3.91. The first-order valence-electron chi connectivity index (χ1n) is 7.06. The van der Waals surface area contributed by atoms with Gasteiger partial charge < -0.3 is 4.90 Å². The summed E-state index contributed by atoms with van der Waals surface area (Å²) in [6, 6.07) is 0.195. The van der Waals surface area contributed by atoms with E-state index in [1.54, 1.807) is 11.8 Å². The molecule has 0 radical (unpaired) electrons. The average Bonchev–Trinajstić information content (AvgIpc) is 2.42. The first-order valence-corrected chi connectivity index (χ1v) is 7.06. The van der Waals surface area contributed by atoms with Gasteiger partial charge in [0.1, 0.15) is 6.67 Å². The van der Waals surface area contributed by atoms with Crippen molar-refractivity contribution in [1.29, 1.82) is 0 Å². The number of hydrogen-bond acceptors (Lipinski definition) is 3. The van der Waals surface area contributed by atoms with Crippen LogP contribution in [0.25, 0.3) is 0 Å². The van der Waals surface area contributed by atoms with Crippen molar-refractivity contribution in [3.63, 3.8) is 0 Å². The van der Waals surface area contributed by atoms with E-state index >= 15 is 0 Å². The van der Waals surface area contributed by atoms with Crippen LogP contribution in [0, 0.1) is 6.92 Å². The summed E-state index contributed by atoms with van der Waals surface area (Å²) < 4.78 is 1.40. The van der Waals surface area contributed by atoms with Crippen molar-refractivity contribution in [3.8, 4) is 0 Å². The summed E-state index contributed by atoms with van der Waals surface area (Å²) in [5.41, 5.74) is -0.377. The van der Waals surface area contributed by atoms with E-state index in [0.29, 0.717) is 5.56 Å². The highest BCUT2D eigenvalue weighted by Gasteiger charge is 2.23. The lowest BCUT2D eigenvalue weighted by molar-refractivity contribution is -0.134. The predicted octanol–water partition coefficient (Wildman–Crippen LogP) is 0.984. The molecule has 1 amide bonds. The van der Waals surface area contributed by atoms with E-state index in [1.807, 2.05) is 0 Å². The lowest BCUT2D eigenvalue weighted by Gasteiger charge is -2.33. The molecule has 1 saturated carbocycles. The van der Waals surface area contributed by atoms with E-state index in [1.165, 1.54) is 24.1 Å². The molecule has 110 valence electrons. The molecule has 0 aromatic carbocycles. The Hall–Kier alpha value is -1.85. The SMILES string of the molecule is CC(=O)N(Cn1cc(C)c(=O)[nH]c1=O)C1CCCCC1. The highest BCUT2D eigenvalue weighted by Crippen LogP contribution is 2.22. The fourth-order valence-corrected chi connectivity index (χ4v) is 2.75. The molecule has 6 heteroatoms. The summed E-state index contributed by atoms with van der Waals surface area (Å²) in [6.07, 6.45) is 6.93. The lowest BCUT2D eigenvalue weighted by atomic mass is 9.94. The number of amides is 1. The third kappa shape index (κ3) is 3.18. The molecule has 0 unspecified atom stereocenters. The molecule has 1 N–H and O–H groups in total. The molecule has 1 aromatic heterocycles. The molecule has 0 aliphatic heterocycles. The van der Waals surface area contributed by atoms with Gasteiger partial charge in [-0.25, -0.2) is 4.79 Å². The first-order chi connectivity index (χ1) is 9.49. The lowest BCUT2D eigenvalue weighted by Crippen LogP contribution is -2.44. The molecule has 0 saturated heterocycles. The van der Waals surface area contributed by atoms with Gasteiger partial charge in [0.25, 0.3) is 5.56 Å². The van der Waals surface area contributed by atoms with Gasteiger partial charge in [-0.15, -0.1) is 0 Å². The second-order valence-electron chi connectivity index (χ2n) is 5.46. The van der Waals surface area contributed by atoms with Crippen LogP contribution in [0.1, 0.15) is 44.6 Å². The van der Waals surface area contributed by atoms with E-state index in [2.05, 4.69) is 4.98 Å². The van der Waals surface area contributed by atoms with Crippen LogP contribution in [0.3, 0.4) is 0 Å². The molecule has 0 spiro atoms. The summed E-state index contributed by atoms with van der Waals surface area (Å²) in [5, 5.41) is 0. The molecule has 1 heterocycles. The summed E-state index contributed by atoms with van der Waals surface area (Å²) >= 11 is 0. The number of hydrogen-bond donors (Lipinski definition) is 1. The number of H-pyrrole nitrogens is 1.